The predicted molar refractivity (Wildman–Crippen MR) is 111 cm³/mol. The van der Waals surface area contributed by atoms with Crippen LogP contribution in [0.15, 0.2) is 57.0 Å². The van der Waals surface area contributed by atoms with Crippen LogP contribution in [-0.2, 0) is 11.2 Å². The van der Waals surface area contributed by atoms with Crippen LogP contribution in [0, 0.1) is 0 Å². The fourth-order valence-corrected chi connectivity index (χ4v) is 4.68. The zero-order chi connectivity index (χ0) is 18.6. The van der Waals surface area contributed by atoms with Gasteiger partial charge in [-0.15, -0.1) is 0 Å². The Morgan fingerprint density at radius 2 is 1.96 bits per heavy atom. The largest absolute Gasteiger partial charge is 0.465 e. The van der Waals surface area contributed by atoms with Crippen molar-refractivity contribution >= 4 is 34.6 Å². The van der Waals surface area contributed by atoms with Gasteiger partial charge in [0.1, 0.15) is 5.76 Å². The first-order valence-corrected chi connectivity index (χ1v) is 10.5. The summed E-state index contributed by atoms with van der Waals surface area (Å²) in [5, 5.41) is 0.786. The molecule has 1 saturated carbocycles. The lowest BCUT2D eigenvalue weighted by Crippen LogP contribution is -2.40. The summed E-state index contributed by atoms with van der Waals surface area (Å²) >= 11 is 1.45. The van der Waals surface area contributed by atoms with Crippen molar-refractivity contribution in [1.82, 2.24) is 4.90 Å². The third-order valence-corrected chi connectivity index (χ3v) is 6.15. The van der Waals surface area contributed by atoms with Gasteiger partial charge in [-0.1, -0.05) is 38.3 Å². The molecular weight excluding hydrogens is 356 g/mol. The minimum Gasteiger partial charge on any atom is -0.465 e. The van der Waals surface area contributed by atoms with Gasteiger partial charge >= 0.3 is 0 Å². The van der Waals surface area contributed by atoms with Crippen molar-refractivity contribution in [1.29, 1.82) is 0 Å². The fraction of sp³-hybridized carbons (Fsp3) is 0.364. The van der Waals surface area contributed by atoms with Gasteiger partial charge in [0, 0.05) is 12.1 Å². The van der Waals surface area contributed by atoms with Crippen molar-refractivity contribution in [3.63, 3.8) is 0 Å². The number of nitrogens with zero attached hydrogens (tertiary/aromatic N) is 2. The Morgan fingerprint density at radius 1 is 1.19 bits per heavy atom. The van der Waals surface area contributed by atoms with Crippen LogP contribution >= 0.6 is 11.8 Å². The molecule has 2 fully saturated rings. The number of thioether (sulfide) groups is 1. The van der Waals surface area contributed by atoms with Gasteiger partial charge in [0.05, 0.1) is 16.9 Å². The lowest BCUT2D eigenvalue weighted by Gasteiger charge is -2.30. The Labute approximate surface area is 164 Å². The minimum atomic E-state index is 0.0484. The van der Waals surface area contributed by atoms with Crippen molar-refractivity contribution in [3.8, 4) is 0 Å². The average Bonchev–Trinajstić information content (AvgIpc) is 3.32. The first-order valence-electron chi connectivity index (χ1n) is 9.69. The number of carbonyl (C=O) groups is 1. The molecule has 1 saturated heterocycles. The van der Waals surface area contributed by atoms with Gasteiger partial charge < -0.3 is 4.42 Å². The van der Waals surface area contributed by atoms with Crippen LogP contribution in [0.2, 0.25) is 0 Å². The Morgan fingerprint density at radius 3 is 2.63 bits per heavy atom. The van der Waals surface area contributed by atoms with E-state index in [1.165, 1.54) is 36.6 Å². The Balaban J connectivity index is 1.67. The SMILES string of the molecule is CCc1ccc(N=C2S/C(=C/c3ccco3)C(=O)N2C2CCCCC2)cc1. The molecule has 1 aromatic heterocycles. The van der Waals surface area contributed by atoms with E-state index in [0.717, 1.165) is 30.1 Å². The molecule has 27 heavy (non-hydrogen) atoms. The molecule has 1 aliphatic carbocycles. The van der Waals surface area contributed by atoms with E-state index in [1.54, 1.807) is 6.26 Å². The molecule has 2 heterocycles. The number of rotatable bonds is 4. The highest BCUT2D eigenvalue weighted by Crippen LogP contribution is 2.38. The van der Waals surface area contributed by atoms with Gasteiger partial charge in [0.25, 0.3) is 5.91 Å². The first-order chi connectivity index (χ1) is 13.2. The molecule has 140 valence electrons. The number of furan rings is 1. The molecule has 0 unspecified atom stereocenters. The van der Waals surface area contributed by atoms with Crippen LogP contribution in [0.25, 0.3) is 6.08 Å². The van der Waals surface area contributed by atoms with E-state index in [-0.39, 0.29) is 11.9 Å². The molecule has 0 bridgehead atoms. The number of amides is 1. The minimum absolute atomic E-state index is 0.0484. The first kappa shape index (κ1) is 18.1. The average molecular weight is 381 g/mol. The van der Waals surface area contributed by atoms with E-state index in [2.05, 4.69) is 19.1 Å². The summed E-state index contributed by atoms with van der Waals surface area (Å²) in [5.41, 5.74) is 2.18. The van der Waals surface area contributed by atoms with Gasteiger partial charge in [-0.2, -0.15) is 0 Å². The number of carbonyl (C=O) groups excluding carboxylic acids is 1. The molecule has 4 rings (SSSR count). The highest BCUT2D eigenvalue weighted by molar-refractivity contribution is 8.18. The van der Waals surface area contributed by atoms with Crippen LogP contribution in [0.5, 0.6) is 0 Å². The number of hydrogen-bond acceptors (Lipinski definition) is 4. The summed E-state index contributed by atoms with van der Waals surface area (Å²) in [5.74, 6) is 0.746. The second-order valence-electron chi connectivity index (χ2n) is 7.01. The van der Waals surface area contributed by atoms with Crippen molar-refractivity contribution < 1.29 is 9.21 Å². The molecule has 1 amide bonds. The van der Waals surface area contributed by atoms with E-state index >= 15 is 0 Å². The maximum absolute atomic E-state index is 13.1. The zero-order valence-corrected chi connectivity index (χ0v) is 16.4. The molecule has 2 aliphatic rings. The zero-order valence-electron chi connectivity index (χ0n) is 15.6. The van der Waals surface area contributed by atoms with Gasteiger partial charge in [0.2, 0.25) is 0 Å². The normalized spacial score (nSPS) is 21.5. The van der Waals surface area contributed by atoms with E-state index in [1.807, 2.05) is 35.2 Å². The Hall–Kier alpha value is -2.27. The monoisotopic (exact) mass is 380 g/mol. The number of benzene rings is 1. The Bertz CT molecular complexity index is 847. The number of aryl methyl sites for hydroxylation is 1. The highest BCUT2D eigenvalue weighted by atomic mass is 32.2. The molecule has 2 aromatic rings. The van der Waals surface area contributed by atoms with Gasteiger partial charge in [-0.05, 0) is 60.9 Å². The van der Waals surface area contributed by atoms with E-state index < -0.39 is 0 Å². The van der Waals surface area contributed by atoms with Crippen molar-refractivity contribution in [2.24, 2.45) is 4.99 Å². The molecular formula is C22H24N2O2S. The van der Waals surface area contributed by atoms with Crippen LogP contribution < -0.4 is 0 Å². The topological polar surface area (TPSA) is 45.8 Å². The summed E-state index contributed by atoms with van der Waals surface area (Å²) in [6, 6.07) is 12.2. The summed E-state index contributed by atoms with van der Waals surface area (Å²) in [7, 11) is 0. The van der Waals surface area contributed by atoms with Crippen LogP contribution in [0.1, 0.15) is 50.4 Å². The molecule has 0 spiro atoms. The molecule has 0 radical (unpaired) electrons. The predicted octanol–water partition coefficient (Wildman–Crippen LogP) is 5.78. The maximum atomic E-state index is 13.1. The van der Waals surface area contributed by atoms with Gasteiger partial charge in [0.15, 0.2) is 5.17 Å². The van der Waals surface area contributed by atoms with Crippen LogP contribution in [0.4, 0.5) is 5.69 Å². The molecule has 0 N–H and O–H groups in total. The fourth-order valence-electron chi connectivity index (χ4n) is 3.65. The molecule has 0 atom stereocenters. The third-order valence-electron chi connectivity index (χ3n) is 5.16. The number of hydrogen-bond donors (Lipinski definition) is 0. The second-order valence-corrected chi connectivity index (χ2v) is 8.02. The summed E-state index contributed by atoms with van der Waals surface area (Å²) in [6.45, 7) is 2.14. The molecule has 1 aliphatic heterocycles. The van der Waals surface area contributed by atoms with Crippen molar-refractivity contribution in [3.05, 3.63) is 58.9 Å². The smallest absolute Gasteiger partial charge is 0.267 e. The molecule has 5 heteroatoms. The highest BCUT2D eigenvalue weighted by Gasteiger charge is 2.38. The number of amidine groups is 1. The summed E-state index contributed by atoms with van der Waals surface area (Å²) in [4.78, 5) is 20.6. The molecule has 1 aromatic carbocycles. The molecule has 4 nitrogen and oxygen atoms in total. The van der Waals surface area contributed by atoms with Crippen molar-refractivity contribution in [2.45, 2.75) is 51.5 Å². The van der Waals surface area contributed by atoms with E-state index in [4.69, 9.17) is 9.41 Å². The van der Waals surface area contributed by atoms with Crippen molar-refractivity contribution in [2.75, 3.05) is 0 Å². The van der Waals surface area contributed by atoms with Crippen LogP contribution in [-0.4, -0.2) is 22.0 Å². The number of aliphatic imine (C=N–C) groups is 1. The lowest BCUT2D eigenvalue weighted by atomic mass is 9.94. The second kappa shape index (κ2) is 8.17. The van der Waals surface area contributed by atoms with Crippen LogP contribution in [0.3, 0.4) is 0 Å². The van der Waals surface area contributed by atoms with Gasteiger partial charge in [-0.3, -0.25) is 9.69 Å². The lowest BCUT2D eigenvalue weighted by molar-refractivity contribution is -0.124. The van der Waals surface area contributed by atoms with E-state index in [9.17, 15) is 4.79 Å². The maximum Gasteiger partial charge on any atom is 0.267 e. The summed E-state index contributed by atoms with van der Waals surface area (Å²) in [6.07, 6.45) is 10.2. The summed E-state index contributed by atoms with van der Waals surface area (Å²) < 4.78 is 5.40. The van der Waals surface area contributed by atoms with E-state index in [0.29, 0.717) is 10.7 Å². The quantitative estimate of drug-likeness (QED) is 0.632. The van der Waals surface area contributed by atoms with Gasteiger partial charge in [-0.25, -0.2) is 4.99 Å². The third kappa shape index (κ3) is 4.03. The Kier molecular flexibility index (Phi) is 5.48. The standard InChI is InChI=1S/C22H24N2O2S/c1-2-16-10-12-17(13-11-16)23-22-24(18-7-4-3-5-8-18)21(25)20(27-22)15-19-9-6-14-26-19/h6,9-15,18H,2-5,7-8H2,1H3/b20-15+,23-22?.